The number of nitrogens with one attached hydrogen (secondary N) is 2. The molecule has 0 aliphatic carbocycles. The summed E-state index contributed by atoms with van der Waals surface area (Å²) >= 11 is 5.87. The largest absolute Gasteiger partial charge is 0.318 e. The number of nitro benzene ring substituents is 1. The maximum Gasteiger partial charge on any atom is 0.306 e. The molecule has 0 spiro atoms. The minimum absolute atomic E-state index is 0.0276. The number of hydrazine groups is 1. The van der Waals surface area contributed by atoms with E-state index >= 15 is 0 Å². The summed E-state index contributed by atoms with van der Waals surface area (Å²) in [5, 5.41) is 13.8. The number of para-hydroxylation sites is 1. The van der Waals surface area contributed by atoms with E-state index in [0.29, 0.717) is 0 Å². The van der Waals surface area contributed by atoms with Crippen LogP contribution in [0, 0.1) is 10.1 Å². The molecule has 1 amide bonds. The molecule has 8 nitrogen and oxygen atoms in total. The molecule has 4 N–H and O–H groups in total. The predicted molar refractivity (Wildman–Crippen MR) is 78.1 cm³/mol. The zero-order chi connectivity index (χ0) is 15.4. The molecule has 0 bridgehead atoms. The van der Waals surface area contributed by atoms with Gasteiger partial charge in [0.1, 0.15) is 11.3 Å². The quantitative estimate of drug-likeness (QED) is 0.452. The van der Waals surface area contributed by atoms with Crippen LogP contribution in [0.2, 0.25) is 5.02 Å². The molecular formula is C12H10ClN5O3. The van der Waals surface area contributed by atoms with E-state index in [4.69, 9.17) is 17.4 Å². The molecule has 0 saturated heterocycles. The SMILES string of the molecule is NNc1cccc(C(=O)Nc2ncccc2Cl)c1[N+](=O)[O-]. The van der Waals surface area contributed by atoms with Crippen LogP contribution in [0.25, 0.3) is 0 Å². The summed E-state index contributed by atoms with van der Waals surface area (Å²) in [6.45, 7) is 0. The Balaban J connectivity index is 2.40. The smallest absolute Gasteiger partial charge is 0.306 e. The predicted octanol–water partition coefficient (Wildman–Crippen LogP) is 2.18. The Morgan fingerprint density at radius 1 is 1.33 bits per heavy atom. The highest BCUT2D eigenvalue weighted by molar-refractivity contribution is 6.33. The number of nitrogens with two attached hydrogens (primary N) is 1. The number of anilines is 2. The lowest BCUT2D eigenvalue weighted by atomic mass is 10.1. The van der Waals surface area contributed by atoms with Gasteiger partial charge in [-0.15, -0.1) is 0 Å². The van der Waals surface area contributed by atoms with Gasteiger partial charge >= 0.3 is 5.69 Å². The molecule has 0 aliphatic rings. The number of nitro groups is 1. The van der Waals surface area contributed by atoms with E-state index in [2.05, 4.69) is 15.7 Å². The second-order valence-corrected chi connectivity index (χ2v) is 4.30. The third kappa shape index (κ3) is 3.07. The fourth-order valence-corrected chi connectivity index (χ4v) is 1.86. The van der Waals surface area contributed by atoms with Crippen LogP contribution in [0.15, 0.2) is 36.5 Å². The molecular weight excluding hydrogens is 298 g/mol. The molecule has 1 aromatic carbocycles. The van der Waals surface area contributed by atoms with Crippen molar-refractivity contribution < 1.29 is 9.72 Å². The molecule has 0 fully saturated rings. The van der Waals surface area contributed by atoms with Crippen LogP contribution >= 0.6 is 11.6 Å². The number of hydrogen-bond acceptors (Lipinski definition) is 6. The lowest BCUT2D eigenvalue weighted by molar-refractivity contribution is -0.384. The topological polar surface area (TPSA) is 123 Å². The van der Waals surface area contributed by atoms with Crippen molar-refractivity contribution in [3.63, 3.8) is 0 Å². The van der Waals surface area contributed by atoms with Crippen LogP contribution in [-0.4, -0.2) is 15.8 Å². The first-order chi connectivity index (χ1) is 10.0. The fourth-order valence-electron chi connectivity index (χ4n) is 1.69. The summed E-state index contributed by atoms with van der Waals surface area (Å²) in [6, 6.07) is 7.31. The molecule has 9 heteroatoms. The highest BCUT2D eigenvalue weighted by Gasteiger charge is 2.24. The fraction of sp³-hybridized carbons (Fsp3) is 0. The summed E-state index contributed by atoms with van der Waals surface area (Å²) in [7, 11) is 0. The Hall–Kier alpha value is -2.71. The lowest BCUT2D eigenvalue weighted by Crippen LogP contribution is -2.17. The minimum atomic E-state index is -0.709. The van der Waals surface area contributed by atoms with Gasteiger partial charge < -0.3 is 10.7 Å². The van der Waals surface area contributed by atoms with Crippen molar-refractivity contribution in [2.24, 2.45) is 5.84 Å². The van der Waals surface area contributed by atoms with Gasteiger partial charge in [0.15, 0.2) is 5.82 Å². The van der Waals surface area contributed by atoms with Gasteiger partial charge in [0.05, 0.1) is 9.95 Å². The van der Waals surface area contributed by atoms with Gasteiger partial charge in [0.2, 0.25) is 0 Å². The van der Waals surface area contributed by atoms with Gasteiger partial charge in [-0.3, -0.25) is 20.8 Å². The molecule has 2 rings (SSSR count). The van der Waals surface area contributed by atoms with Gasteiger partial charge in [-0.25, -0.2) is 4.98 Å². The second kappa shape index (κ2) is 6.16. The van der Waals surface area contributed by atoms with E-state index in [9.17, 15) is 14.9 Å². The second-order valence-electron chi connectivity index (χ2n) is 3.89. The molecule has 2 aromatic rings. The number of benzene rings is 1. The van der Waals surface area contributed by atoms with Crippen molar-refractivity contribution in [3.8, 4) is 0 Å². The molecule has 0 aliphatic heterocycles. The number of hydrogen-bond donors (Lipinski definition) is 3. The summed E-state index contributed by atoms with van der Waals surface area (Å²) in [6.07, 6.45) is 1.44. The van der Waals surface area contributed by atoms with E-state index in [1.807, 2.05) is 0 Å². The molecule has 21 heavy (non-hydrogen) atoms. The molecule has 0 radical (unpaired) electrons. The Morgan fingerprint density at radius 3 is 2.71 bits per heavy atom. The van der Waals surface area contributed by atoms with Crippen LogP contribution in [0.5, 0.6) is 0 Å². The average molecular weight is 308 g/mol. The highest BCUT2D eigenvalue weighted by atomic mass is 35.5. The highest BCUT2D eigenvalue weighted by Crippen LogP contribution is 2.29. The van der Waals surface area contributed by atoms with Crippen molar-refractivity contribution in [1.82, 2.24) is 4.98 Å². The van der Waals surface area contributed by atoms with Crippen molar-refractivity contribution >= 4 is 34.7 Å². The van der Waals surface area contributed by atoms with Crippen molar-refractivity contribution in [1.29, 1.82) is 0 Å². The number of carbonyl (C=O) groups excluding carboxylic acids is 1. The van der Waals surface area contributed by atoms with Gasteiger partial charge in [-0.1, -0.05) is 17.7 Å². The molecule has 0 unspecified atom stereocenters. The normalized spacial score (nSPS) is 10.0. The van der Waals surface area contributed by atoms with Crippen molar-refractivity contribution in [2.45, 2.75) is 0 Å². The Morgan fingerprint density at radius 2 is 2.10 bits per heavy atom. The third-order valence-corrected chi connectivity index (χ3v) is 2.91. The van der Waals surface area contributed by atoms with Gasteiger partial charge in [0, 0.05) is 6.20 Å². The summed E-state index contributed by atoms with van der Waals surface area (Å²) in [5.41, 5.74) is 1.63. The Bertz CT molecular complexity index is 707. The van der Waals surface area contributed by atoms with Crippen LogP contribution in [-0.2, 0) is 0 Å². The first kappa shape index (κ1) is 14.7. The number of nitrogens with zero attached hydrogens (tertiary/aromatic N) is 2. The van der Waals surface area contributed by atoms with Crippen molar-refractivity contribution in [3.05, 3.63) is 57.2 Å². The minimum Gasteiger partial charge on any atom is -0.318 e. The maximum absolute atomic E-state index is 12.2. The first-order valence-corrected chi connectivity index (χ1v) is 6.08. The van der Waals surface area contributed by atoms with E-state index in [0.717, 1.165) is 0 Å². The molecule has 1 heterocycles. The number of rotatable bonds is 4. The summed E-state index contributed by atoms with van der Waals surface area (Å²) in [5.74, 6) is 4.62. The number of pyridine rings is 1. The Kier molecular flexibility index (Phi) is 4.31. The van der Waals surface area contributed by atoms with Gasteiger partial charge in [0.25, 0.3) is 5.91 Å². The number of halogens is 1. The van der Waals surface area contributed by atoms with E-state index < -0.39 is 16.5 Å². The summed E-state index contributed by atoms with van der Waals surface area (Å²) < 4.78 is 0. The van der Waals surface area contributed by atoms with Gasteiger partial charge in [-0.2, -0.15) is 0 Å². The van der Waals surface area contributed by atoms with Crippen LogP contribution in [0.3, 0.4) is 0 Å². The number of carbonyl (C=O) groups is 1. The van der Waals surface area contributed by atoms with E-state index in [-0.39, 0.29) is 22.1 Å². The van der Waals surface area contributed by atoms with E-state index in [1.165, 1.54) is 30.5 Å². The number of nitrogen functional groups attached to an aromatic ring is 1. The lowest BCUT2D eigenvalue weighted by Gasteiger charge is -2.08. The molecule has 0 saturated carbocycles. The maximum atomic E-state index is 12.2. The molecule has 108 valence electrons. The number of aromatic nitrogens is 1. The van der Waals surface area contributed by atoms with Gasteiger partial charge in [-0.05, 0) is 24.3 Å². The number of amides is 1. The summed E-state index contributed by atoms with van der Waals surface area (Å²) in [4.78, 5) is 26.5. The van der Waals surface area contributed by atoms with E-state index in [1.54, 1.807) is 6.07 Å². The average Bonchev–Trinajstić information content (AvgIpc) is 2.48. The van der Waals surface area contributed by atoms with Crippen LogP contribution < -0.4 is 16.6 Å². The van der Waals surface area contributed by atoms with Crippen LogP contribution in [0.4, 0.5) is 17.2 Å². The monoisotopic (exact) mass is 307 g/mol. The Labute approximate surface area is 124 Å². The van der Waals surface area contributed by atoms with Crippen molar-refractivity contribution in [2.75, 3.05) is 10.7 Å². The van der Waals surface area contributed by atoms with Crippen LogP contribution in [0.1, 0.15) is 10.4 Å². The molecule has 0 atom stereocenters. The third-order valence-electron chi connectivity index (χ3n) is 2.61. The zero-order valence-electron chi connectivity index (χ0n) is 10.5. The molecule has 1 aromatic heterocycles. The first-order valence-electron chi connectivity index (χ1n) is 5.70. The zero-order valence-corrected chi connectivity index (χ0v) is 11.3. The standard InChI is InChI=1S/C12H10ClN5O3/c13-8-4-2-6-15-11(8)16-12(19)7-3-1-5-9(17-14)10(7)18(20)21/h1-6,17H,14H2,(H,15,16,19).